The second-order valence-electron chi connectivity index (χ2n) is 6.65. The summed E-state index contributed by atoms with van der Waals surface area (Å²) in [4.78, 5) is 13.7. The molecule has 0 aromatic heterocycles. The minimum Gasteiger partial charge on any atom is -0.444 e. The Morgan fingerprint density at radius 2 is 1.94 bits per heavy atom. The molecule has 0 unspecified atom stereocenters. The fraction of sp³-hybridized carbons (Fsp3) is 0.929. The van der Waals surface area contributed by atoms with Crippen molar-refractivity contribution < 1.29 is 14.6 Å². The van der Waals surface area contributed by atoms with E-state index in [0.29, 0.717) is 24.4 Å². The number of aliphatic hydroxyl groups is 1. The van der Waals surface area contributed by atoms with Crippen LogP contribution >= 0.6 is 0 Å². The third kappa shape index (κ3) is 3.37. The molecule has 4 nitrogen and oxygen atoms in total. The van der Waals surface area contributed by atoms with Crippen molar-refractivity contribution in [3.8, 4) is 0 Å². The van der Waals surface area contributed by atoms with E-state index >= 15 is 0 Å². The summed E-state index contributed by atoms with van der Waals surface area (Å²) in [5, 5.41) is 9.09. The van der Waals surface area contributed by atoms with Crippen LogP contribution in [0.4, 0.5) is 4.79 Å². The van der Waals surface area contributed by atoms with Gasteiger partial charge in [0.25, 0.3) is 0 Å². The summed E-state index contributed by atoms with van der Waals surface area (Å²) >= 11 is 0. The van der Waals surface area contributed by atoms with Crippen molar-refractivity contribution in [1.82, 2.24) is 4.90 Å². The van der Waals surface area contributed by atoms with Crippen LogP contribution in [0, 0.1) is 17.8 Å². The number of carbonyl (C=O) groups is 1. The van der Waals surface area contributed by atoms with Gasteiger partial charge in [0.2, 0.25) is 0 Å². The van der Waals surface area contributed by atoms with Gasteiger partial charge >= 0.3 is 6.09 Å². The molecule has 2 fully saturated rings. The van der Waals surface area contributed by atoms with Crippen LogP contribution in [0.15, 0.2) is 0 Å². The Labute approximate surface area is 109 Å². The van der Waals surface area contributed by atoms with Crippen LogP contribution in [0.5, 0.6) is 0 Å². The molecule has 18 heavy (non-hydrogen) atoms. The number of rotatable bonds is 2. The Kier molecular flexibility index (Phi) is 3.85. The molecule has 1 amide bonds. The maximum atomic E-state index is 11.9. The molecule has 2 rings (SSSR count). The number of nitrogens with zero attached hydrogens (tertiary/aromatic N) is 1. The van der Waals surface area contributed by atoms with Crippen molar-refractivity contribution >= 4 is 6.09 Å². The SMILES string of the molecule is CC(C)(C)OC(=O)N1CCC([C@H]2C[C@H]2CO)CC1. The molecule has 104 valence electrons. The molecule has 2 aliphatic rings. The van der Waals surface area contributed by atoms with E-state index in [0.717, 1.165) is 25.9 Å². The first-order chi connectivity index (χ1) is 8.40. The molecule has 0 aromatic carbocycles. The van der Waals surface area contributed by atoms with Gasteiger partial charge in [-0.1, -0.05) is 0 Å². The molecule has 2 atom stereocenters. The summed E-state index contributed by atoms with van der Waals surface area (Å²) in [5.41, 5.74) is -0.410. The molecular weight excluding hydrogens is 230 g/mol. The maximum Gasteiger partial charge on any atom is 0.410 e. The third-order valence-electron chi connectivity index (χ3n) is 4.01. The van der Waals surface area contributed by atoms with Crippen molar-refractivity contribution in [2.75, 3.05) is 19.7 Å². The maximum absolute atomic E-state index is 11.9. The highest BCUT2D eigenvalue weighted by atomic mass is 16.6. The first-order valence-corrected chi connectivity index (χ1v) is 6.99. The number of likely N-dealkylation sites (tertiary alicyclic amines) is 1. The number of piperidine rings is 1. The molecule has 1 saturated carbocycles. The summed E-state index contributed by atoms with van der Waals surface area (Å²) in [7, 11) is 0. The number of amides is 1. The van der Waals surface area contributed by atoms with Gasteiger partial charge in [-0.25, -0.2) is 4.79 Å². The minimum atomic E-state index is -0.410. The quantitative estimate of drug-likeness (QED) is 0.823. The Hall–Kier alpha value is -0.770. The fourth-order valence-corrected chi connectivity index (χ4v) is 2.89. The first kappa shape index (κ1) is 13.7. The van der Waals surface area contributed by atoms with Crippen LogP contribution in [0.1, 0.15) is 40.0 Å². The lowest BCUT2D eigenvalue weighted by Gasteiger charge is -2.33. The summed E-state index contributed by atoms with van der Waals surface area (Å²) in [6.45, 7) is 7.62. The Bertz CT molecular complexity index is 303. The largest absolute Gasteiger partial charge is 0.444 e. The predicted molar refractivity (Wildman–Crippen MR) is 69.2 cm³/mol. The molecule has 1 aliphatic carbocycles. The van der Waals surface area contributed by atoms with Crippen LogP contribution < -0.4 is 0 Å². The van der Waals surface area contributed by atoms with E-state index < -0.39 is 5.60 Å². The van der Waals surface area contributed by atoms with Crippen LogP contribution in [0.25, 0.3) is 0 Å². The Balaban J connectivity index is 1.75. The summed E-state index contributed by atoms with van der Waals surface area (Å²) < 4.78 is 5.38. The zero-order chi connectivity index (χ0) is 13.3. The van der Waals surface area contributed by atoms with Crippen LogP contribution in [-0.4, -0.2) is 41.4 Å². The number of aliphatic hydroxyl groups excluding tert-OH is 1. The highest BCUT2D eigenvalue weighted by molar-refractivity contribution is 5.68. The zero-order valence-electron chi connectivity index (χ0n) is 11.7. The molecule has 1 aliphatic heterocycles. The van der Waals surface area contributed by atoms with Gasteiger partial charge in [-0.05, 0) is 57.8 Å². The lowest BCUT2D eigenvalue weighted by Crippen LogP contribution is -2.42. The molecule has 0 aromatic rings. The topological polar surface area (TPSA) is 49.8 Å². The molecular formula is C14H25NO3. The lowest BCUT2D eigenvalue weighted by atomic mass is 9.91. The van der Waals surface area contributed by atoms with Gasteiger partial charge in [0.05, 0.1) is 0 Å². The lowest BCUT2D eigenvalue weighted by molar-refractivity contribution is 0.0172. The van der Waals surface area contributed by atoms with Crippen molar-refractivity contribution in [1.29, 1.82) is 0 Å². The van der Waals surface area contributed by atoms with E-state index in [1.807, 2.05) is 25.7 Å². The normalized spacial score (nSPS) is 29.2. The van der Waals surface area contributed by atoms with Gasteiger partial charge in [-0.2, -0.15) is 0 Å². The van der Waals surface area contributed by atoms with Crippen LogP contribution in [0.3, 0.4) is 0 Å². The summed E-state index contributed by atoms with van der Waals surface area (Å²) in [6, 6.07) is 0. The average Bonchev–Trinajstić information content (AvgIpc) is 3.06. The van der Waals surface area contributed by atoms with Gasteiger partial charge in [0.1, 0.15) is 5.60 Å². The van der Waals surface area contributed by atoms with E-state index in [2.05, 4.69) is 0 Å². The summed E-state index contributed by atoms with van der Waals surface area (Å²) in [6.07, 6.45) is 3.10. The number of carbonyl (C=O) groups excluding carboxylic acids is 1. The van der Waals surface area contributed by atoms with E-state index in [-0.39, 0.29) is 6.09 Å². The van der Waals surface area contributed by atoms with Gasteiger partial charge in [-0.15, -0.1) is 0 Å². The molecule has 1 saturated heterocycles. The molecule has 0 spiro atoms. The van der Waals surface area contributed by atoms with Crippen molar-refractivity contribution in [2.45, 2.75) is 45.6 Å². The molecule has 1 N–H and O–H groups in total. The minimum absolute atomic E-state index is 0.185. The van der Waals surface area contributed by atoms with Crippen LogP contribution in [0.2, 0.25) is 0 Å². The fourth-order valence-electron chi connectivity index (χ4n) is 2.89. The average molecular weight is 255 g/mol. The second-order valence-corrected chi connectivity index (χ2v) is 6.65. The van der Waals surface area contributed by atoms with E-state index in [1.54, 1.807) is 0 Å². The van der Waals surface area contributed by atoms with Gasteiger partial charge in [0.15, 0.2) is 0 Å². The first-order valence-electron chi connectivity index (χ1n) is 6.99. The zero-order valence-corrected chi connectivity index (χ0v) is 11.7. The molecule has 4 heteroatoms. The number of hydrogen-bond donors (Lipinski definition) is 1. The third-order valence-corrected chi connectivity index (χ3v) is 4.01. The van der Waals surface area contributed by atoms with E-state index in [1.165, 1.54) is 6.42 Å². The molecule has 0 radical (unpaired) electrons. The molecule has 0 bridgehead atoms. The van der Waals surface area contributed by atoms with Crippen molar-refractivity contribution in [2.24, 2.45) is 17.8 Å². The molecule has 1 heterocycles. The predicted octanol–water partition coefficient (Wildman–Crippen LogP) is 2.26. The standard InChI is InChI=1S/C14H25NO3/c1-14(2,3)18-13(17)15-6-4-10(5-7-15)12-8-11(12)9-16/h10-12,16H,4-9H2,1-3H3/t11-,12+/m0/s1. The van der Waals surface area contributed by atoms with Crippen molar-refractivity contribution in [3.63, 3.8) is 0 Å². The second kappa shape index (κ2) is 5.08. The van der Waals surface area contributed by atoms with Crippen LogP contribution in [-0.2, 0) is 4.74 Å². The van der Waals surface area contributed by atoms with E-state index in [9.17, 15) is 4.79 Å². The highest BCUT2D eigenvalue weighted by Gasteiger charge is 2.43. The Morgan fingerprint density at radius 1 is 1.33 bits per heavy atom. The smallest absolute Gasteiger partial charge is 0.410 e. The number of hydrogen-bond acceptors (Lipinski definition) is 3. The highest BCUT2D eigenvalue weighted by Crippen LogP contribution is 2.47. The van der Waals surface area contributed by atoms with E-state index in [4.69, 9.17) is 9.84 Å². The van der Waals surface area contributed by atoms with Gasteiger partial charge in [0, 0.05) is 19.7 Å². The van der Waals surface area contributed by atoms with Gasteiger partial charge < -0.3 is 14.7 Å². The van der Waals surface area contributed by atoms with Gasteiger partial charge in [-0.3, -0.25) is 0 Å². The van der Waals surface area contributed by atoms with Crippen molar-refractivity contribution in [3.05, 3.63) is 0 Å². The number of ether oxygens (including phenoxy) is 1. The monoisotopic (exact) mass is 255 g/mol. The summed E-state index contributed by atoms with van der Waals surface area (Å²) in [5.74, 6) is 1.93. The Morgan fingerprint density at radius 3 is 2.39 bits per heavy atom.